The number of nitrogens with zero attached hydrogens (tertiary/aromatic N) is 2. The lowest BCUT2D eigenvalue weighted by Crippen LogP contribution is -2.20. The van der Waals surface area contributed by atoms with Gasteiger partial charge in [0.25, 0.3) is 11.8 Å². The lowest BCUT2D eigenvalue weighted by atomic mass is 9.80. The second-order valence-electron chi connectivity index (χ2n) is 10.2. The Bertz CT molecular complexity index is 1860. The van der Waals surface area contributed by atoms with Crippen LogP contribution in [0.2, 0.25) is 0 Å². The molecule has 1 aliphatic carbocycles. The predicted molar refractivity (Wildman–Crippen MR) is 150 cm³/mol. The topological polar surface area (TPSA) is 84.1 Å². The third kappa shape index (κ3) is 3.66. The van der Waals surface area contributed by atoms with Crippen LogP contribution in [-0.2, 0) is 30.7 Å². The third-order valence-corrected chi connectivity index (χ3v) is 7.93. The smallest absolute Gasteiger partial charge is 0.259 e. The maximum absolute atomic E-state index is 13.2. The molecule has 2 aliphatic rings. The van der Waals surface area contributed by atoms with Crippen molar-refractivity contribution in [3.63, 3.8) is 0 Å². The van der Waals surface area contributed by atoms with Crippen LogP contribution in [0.25, 0.3) is 32.9 Å². The van der Waals surface area contributed by atoms with E-state index in [9.17, 15) is 14.9 Å². The zero-order valence-corrected chi connectivity index (χ0v) is 21.3. The number of aryl methyl sites for hydroxylation is 2. The van der Waals surface area contributed by atoms with Gasteiger partial charge in [-0.05, 0) is 59.7 Å². The highest BCUT2D eigenvalue weighted by Gasteiger charge is 2.38. The summed E-state index contributed by atoms with van der Waals surface area (Å²) in [6, 6.07) is 26.3. The van der Waals surface area contributed by atoms with Crippen LogP contribution in [0.5, 0.6) is 0 Å². The first-order valence-electron chi connectivity index (χ1n) is 13.3. The zero-order chi connectivity index (χ0) is 26.5. The summed E-state index contributed by atoms with van der Waals surface area (Å²) < 4.78 is 8.25. The Balaban J connectivity index is 1.43. The molecular weight excluding hydrogens is 486 g/mol. The Morgan fingerprint density at radius 2 is 1.69 bits per heavy atom. The van der Waals surface area contributed by atoms with E-state index in [0.717, 1.165) is 56.9 Å². The molecule has 0 saturated carbocycles. The van der Waals surface area contributed by atoms with Gasteiger partial charge in [-0.15, -0.1) is 0 Å². The van der Waals surface area contributed by atoms with Crippen LogP contribution < -0.4 is 5.32 Å². The van der Waals surface area contributed by atoms with Crippen molar-refractivity contribution in [1.82, 2.24) is 9.88 Å². The Morgan fingerprint density at radius 3 is 2.54 bits per heavy atom. The molecule has 1 aromatic heterocycles. The number of hydrogen-bond acceptors (Lipinski definition) is 4. The van der Waals surface area contributed by atoms with Crippen molar-refractivity contribution >= 4 is 33.6 Å². The molecule has 0 unspecified atom stereocenters. The summed E-state index contributed by atoms with van der Waals surface area (Å²) in [6.45, 7) is 1.80. The Morgan fingerprint density at radius 1 is 0.897 bits per heavy atom. The number of amides is 2. The van der Waals surface area contributed by atoms with E-state index >= 15 is 0 Å². The molecular formula is C33H25N3O3. The first-order valence-corrected chi connectivity index (χ1v) is 13.3. The quantitative estimate of drug-likeness (QED) is 0.227. The summed E-state index contributed by atoms with van der Waals surface area (Å²) in [4.78, 5) is 26.4. The second-order valence-corrected chi connectivity index (χ2v) is 10.2. The number of carbonyl (C=O) groups is 2. The van der Waals surface area contributed by atoms with Crippen molar-refractivity contribution in [2.45, 2.75) is 32.4 Å². The minimum Gasteiger partial charge on any atom is -0.377 e. The Kier molecular flexibility index (Phi) is 5.54. The molecule has 0 radical (unpaired) electrons. The monoisotopic (exact) mass is 511 g/mol. The molecule has 39 heavy (non-hydrogen) atoms. The van der Waals surface area contributed by atoms with Crippen LogP contribution in [0.4, 0.5) is 0 Å². The number of nitriles is 1. The molecule has 0 bridgehead atoms. The lowest BCUT2D eigenvalue weighted by molar-refractivity contribution is 0.0880. The van der Waals surface area contributed by atoms with Gasteiger partial charge in [0.15, 0.2) is 0 Å². The molecule has 0 spiro atoms. The number of carbonyl (C=O) groups excluding carboxylic acids is 2. The van der Waals surface area contributed by atoms with E-state index in [0.29, 0.717) is 42.9 Å². The average molecular weight is 512 g/mol. The first-order chi connectivity index (χ1) is 19.2. The summed E-state index contributed by atoms with van der Waals surface area (Å²) in [5.41, 5.74) is 8.77. The van der Waals surface area contributed by atoms with Gasteiger partial charge < -0.3 is 9.30 Å². The highest BCUT2D eigenvalue weighted by Crippen LogP contribution is 2.47. The number of fused-ring (bicyclic) bond motifs is 10. The van der Waals surface area contributed by atoms with E-state index in [2.05, 4.69) is 40.2 Å². The van der Waals surface area contributed by atoms with Crippen molar-refractivity contribution in [2.24, 2.45) is 0 Å². The molecule has 2 heterocycles. The van der Waals surface area contributed by atoms with Gasteiger partial charge in [0.1, 0.15) is 0 Å². The molecule has 0 atom stereocenters. The fraction of sp³-hybridized carbons (Fsp3) is 0.182. The number of benzene rings is 4. The maximum atomic E-state index is 13.2. The van der Waals surface area contributed by atoms with Crippen molar-refractivity contribution < 1.29 is 14.3 Å². The summed E-state index contributed by atoms with van der Waals surface area (Å²) in [7, 11) is 0. The van der Waals surface area contributed by atoms with E-state index in [1.54, 1.807) is 0 Å². The van der Waals surface area contributed by atoms with Crippen LogP contribution in [0.15, 0.2) is 72.8 Å². The number of nitrogens with one attached hydrogen (secondary N) is 1. The molecule has 7 rings (SSSR count). The number of ether oxygens (including phenoxy) is 1. The van der Waals surface area contributed by atoms with Crippen LogP contribution in [0, 0.1) is 11.3 Å². The Labute approximate surface area is 225 Å². The maximum Gasteiger partial charge on any atom is 0.259 e. The minimum atomic E-state index is -0.366. The SMILES string of the molecule is N#Cc1ccc2c(c1)c1c3c(c4c(c1n2CCCOCc1ccccc1)-c1ccccc1CC4)C(=O)NC3=O. The summed E-state index contributed by atoms with van der Waals surface area (Å²) >= 11 is 0. The van der Waals surface area contributed by atoms with E-state index in [4.69, 9.17) is 4.74 Å². The molecule has 0 fully saturated rings. The molecule has 1 N–H and O–H groups in total. The van der Waals surface area contributed by atoms with Crippen LogP contribution in [0.3, 0.4) is 0 Å². The molecule has 1 aliphatic heterocycles. The summed E-state index contributed by atoms with van der Waals surface area (Å²) in [5.74, 6) is -0.701. The van der Waals surface area contributed by atoms with Crippen LogP contribution in [0.1, 0.15) is 49.4 Å². The second kappa shape index (κ2) is 9.23. The van der Waals surface area contributed by atoms with Crippen molar-refractivity contribution in [3.8, 4) is 17.2 Å². The van der Waals surface area contributed by atoms with E-state index in [1.165, 1.54) is 5.56 Å². The van der Waals surface area contributed by atoms with Gasteiger partial charge in [-0.3, -0.25) is 14.9 Å². The minimum absolute atomic E-state index is 0.334. The summed E-state index contributed by atoms with van der Waals surface area (Å²) in [6.07, 6.45) is 2.27. The van der Waals surface area contributed by atoms with Crippen molar-refractivity contribution in [3.05, 3.63) is 106 Å². The largest absolute Gasteiger partial charge is 0.377 e. The molecule has 2 amide bonds. The molecule has 5 aromatic rings. The highest BCUT2D eigenvalue weighted by molar-refractivity contribution is 6.33. The molecule has 6 heteroatoms. The molecule has 190 valence electrons. The van der Waals surface area contributed by atoms with E-state index in [-0.39, 0.29) is 11.8 Å². The van der Waals surface area contributed by atoms with Gasteiger partial charge >= 0.3 is 0 Å². The third-order valence-electron chi connectivity index (χ3n) is 7.93. The van der Waals surface area contributed by atoms with Gasteiger partial charge in [-0.2, -0.15) is 5.26 Å². The van der Waals surface area contributed by atoms with E-state index in [1.807, 2.05) is 48.5 Å². The highest BCUT2D eigenvalue weighted by atomic mass is 16.5. The zero-order valence-electron chi connectivity index (χ0n) is 21.3. The molecule has 4 aromatic carbocycles. The average Bonchev–Trinajstić information content (AvgIpc) is 3.45. The first kappa shape index (κ1) is 23.4. The summed E-state index contributed by atoms with van der Waals surface area (Å²) in [5, 5.41) is 13.8. The normalized spacial score (nSPS) is 13.7. The lowest BCUT2D eigenvalue weighted by Gasteiger charge is -2.24. The molecule has 6 nitrogen and oxygen atoms in total. The Hall–Kier alpha value is -4.73. The number of rotatable bonds is 6. The number of aromatic nitrogens is 1. The number of imide groups is 1. The van der Waals surface area contributed by atoms with Gasteiger partial charge in [-0.1, -0.05) is 54.6 Å². The number of hydrogen-bond donors (Lipinski definition) is 1. The van der Waals surface area contributed by atoms with Crippen molar-refractivity contribution in [1.29, 1.82) is 5.26 Å². The fourth-order valence-corrected chi connectivity index (χ4v) is 6.29. The van der Waals surface area contributed by atoms with E-state index < -0.39 is 0 Å². The molecule has 0 saturated heterocycles. The van der Waals surface area contributed by atoms with Gasteiger partial charge in [-0.25, -0.2) is 0 Å². The van der Waals surface area contributed by atoms with Crippen LogP contribution in [-0.4, -0.2) is 23.0 Å². The van der Waals surface area contributed by atoms with Crippen molar-refractivity contribution in [2.75, 3.05) is 6.61 Å². The standard InChI is InChI=1S/C33H25N3O3/c34-18-21-11-14-26-25(17-21)28-30-29(32(37)35-33(30)38)24-13-12-22-9-4-5-10-23(22)27(24)31(28)36(26)15-6-16-39-19-20-7-2-1-3-8-20/h1-5,7-11,14,17H,6,12-13,15-16,19H2,(H,35,37,38). The van der Waals surface area contributed by atoms with Gasteiger partial charge in [0.2, 0.25) is 0 Å². The van der Waals surface area contributed by atoms with Gasteiger partial charge in [0.05, 0.1) is 34.9 Å². The van der Waals surface area contributed by atoms with Crippen LogP contribution >= 0.6 is 0 Å². The van der Waals surface area contributed by atoms with Gasteiger partial charge in [0, 0.05) is 35.0 Å². The predicted octanol–water partition coefficient (Wildman–Crippen LogP) is 5.92. The fourth-order valence-electron chi connectivity index (χ4n) is 6.29.